The molecule has 1 heterocycles. The molecule has 8 heteroatoms. The van der Waals surface area contributed by atoms with Crippen LogP contribution < -0.4 is 30.2 Å². The van der Waals surface area contributed by atoms with Crippen LogP contribution in [-0.2, 0) is 11.3 Å². The van der Waals surface area contributed by atoms with E-state index in [-0.39, 0.29) is 5.91 Å². The molecule has 0 saturated carbocycles. The average Bonchev–Trinajstić information content (AvgIpc) is 2.76. The molecule has 0 fully saturated rings. The van der Waals surface area contributed by atoms with Gasteiger partial charge >= 0.3 is 0 Å². The van der Waals surface area contributed by atoms with Gasteiger partial charge in [-0.2, -0.15) is 0 Å². The summed E-state index contributed by atoms with van der Waals surface area (Å²) in [4.78, 5) is 13.1. The van der Waals surface area contributed by atoms with Crippen molar-refractivity contribution in [2.75, 3.05) is 21.3 Å². The van der Waals surface area contributed by atoms with Gasteiger partial charge in [0.15, 0.2) is 16.6 Å². The Morgan fingerprint density at radius 1 is 1.07 bits per heavy atom. The normalized spacial score (nSPS) is 15.7. The highest BCUT2D eigenvalue weighted by Gasteiger charge is 2.31. The first-order valence-electron chi connectivity index (χ1n) is 9.38. The second-order valence-electron chi connectivity index (χ2n) is 6.70. The Morgan fingerprint density at radius 3 is 2.27 bits per heavy atom. The van der Waals surface area contributed by atoms with Crippen molar-refractivity contribution in [1.82, 2.24) is 16.0 Å². The van der Waals surface area contributed by atoms with Crippen molar-refractivity contribution in [3.8, 4) is 17.2 Å². The first-order chi connectivity index (χ1) is 14.5. The summed E-state index contributed by atoms with van der Waals surface area (Å²) < 4.78 is 16.3. The Hall–Kier alpha value is -3.26. The van der Waals surface area contributed by atoms with Crippen LogP contribution in [0, 0.1) is 0 Å². The zero-order valence-corrected chi connectivity index (χ0v) is 18.2. The number of hydrogen-bond donors (Lipinski definition) is 3. The number of amides is 1. The van der Waals surface area contributed by atoms with E-state index in [4.69, 9.17) is 26.4 Å². The Bertz CT molecular complexity index is 951. The molecule has 0 radical (unpaired) electrons. The quantitative estimate of drug-likeness (QED) is 0.586. The van der Waals surface area contributed by atoms with E-state index < -0.39 is 6.04 Å². The average molecular weight is 428 g/mol. The van der Waals surface area contributed by atoms with Gasteiger partial charge < -0.3 is 30.2 Å². The summed E-state index contributed by atoms with van der Waals surface area (Å²) >= 11 is 5.34. The molecule has 1 aliphatic heterocycles. The topological polar surface area (TPSA) is 80.9 Å². The molecule has 0 unspecified atom stereocenters. The number of hydrogen-bond acceptors (Lipinski definition) is 5. The minimum absolute atomic E-state index is 0.197. The van der Waals surface area contributed by atoms with Crippen molar-refractivity contribution < 1.29 is 19.0 Å². The van der Waals surface area contributed by atoms with E-state index in [0.29, 0.717) is 40.2 Å². The molecule has 7 nitrogen and oxygen atoms in total. The number of carbonyl (C=O) groups is 1. The Kier molecular flexibility index (Phi) is 6.79. The van der Waals surface area contributed by atoms with Crippen molar-refractivity contribution in [1.29, 1.82) is 0 Å². The van der Waals surface area contributed by atoms with E-state index in [1.165, 1.54) is 0 Å². The number of carbonyl (C=O) groups excluding carboxylic acids is 1. The molecule has 2 aromatic carbocycles. The fourth-order valence-electron chi connectivity index (χ4n) is 3.39. The second-order valence-corrected chi connectivity index (χ2v) is 7.11. The van der Waals surface area contributed by atoms with Crippen LogP contribution in [0.4, 0.5) is 0 Å². The van der Waals surface area contributed by atoms with Crippen molar-refractivity contribution in [2.45, 2.75) is 19.5 Å². The summed E-state index contributed by atoms with van der Waals surface area (Å²) in [6.07, 6.45) is 0. The van der Waals surface area contributed by atoms with Crippen molar-refractivity contribution in [3.05, 3.63) is 64.9 Å². The van der Waals surface area contributed by atoms with Crippen LogP contribution in [0.25, 0.3) is 0 Å². The Labute approximate surface area is 181 Å². The zero-order valence-electron chi connectivity index (χ0n) is 17.4. The maximum absolute atomic E-state index is 13.1. The van der Waals surface area contributed by atoms with E-state index in [2.05, 4.69) is 16.0 Å². The van der Waals surface area contributed by atoms with Gasteiger partial charge in [-0.1, -0.05) is 30.3 Å². The lowest BCUT2D eigenvalue weighted by Crippen LogP contribution is -2.46. The summed E-state index contributed by atoms with van der Waals surface area (Å²) in [7, 11) is 4.65. The monoisotopic (exact) mass is 427 g/mol. The third-order valence-electron chi connectivity index (χ3n) is 4.83. The van der Waals surface area contributed by atoms with Crippen LogP contribution in [0.5, 0.6) is 17.2 Å². The van der Waals surface area contributed by atoms with Crippen LogP contribution in [0.2, 0.25) is 0 Å². The molecule has 2 aromatic rings. The highest BCUT2D eigenvalue weighted by atomic mass is 32.1. The molecule has 1 amide bonds. The molecular weight excluding hydrogens is 402 g/mol. The summed E-state index contributed by atoms with van der Waals surface area (Å²) in [5.74, 6) is 1.29. The van der Waals surface area contributed by atoms with Crippen molar-refractivity contribution in [2.24, 2.45) is 0 Å². The molecule has 3 N–H and O–H groups in total. The van der Waals surface area contributed by atoms with Crippen LogP contribution in [0.15, 0.2) is 53.7 Å². The van der Waals surface area contributed by atoms with Gasteiger partial charge in [-0.25, -0.2) is 0 Å². The van der Waals surface area contributed by atoms with Crippen LogP contribution in [-0.4, -0.2) is 32.3 Å². The van der Waals surface area contributed by atoms with Crippen molar-refractivity contribution >= 4 is 23.2 Å². The maximum Gasteiger partial charge on any atom is 0.251 e. The fraction of sp³-hybridized carbons (Fsp3) is 0.273. The van der Waals surface area contributed by atoms with Gasteiger partial charge in [-0.05, 0) is 42.4 Å². The lowest BCUT2D eigenvalue weighted by atomic mass is 9.94. The van der Waals surface area contributed by atoms with Crippen LogP contribution in [0.3, 0.4) is 0 Å². The highest BCUT2D eigenvalue weighted by Crippen LogP contribution is 2.41. The van der Waals surface area contributed by atoms with Gasteiger partial charge in [0.25, 0.3) is 5.91 Å². The first-order valence-corrected chi connectivity index (χ1v) is 9.79. The zero-order chi connectivity index (χ0) is 21.7. The number of thiocarbonyl (C=S) groups is 1. The van der Waals surface area contributed by atoms with Gasteiger partial charge in [0.2, 0.25) is 5.75 Å². The summed E-state index contributed by atoms with van der Waals surface area (Å²) in [6.45, 7) is 2.25. The van der Waals surface area contributed by atoms with Crippen LogP contribution in [0.1, 0.15) is 24.1 Å². The number of rotatable bonds is 7. The largest absolute Gasteiger partial charge is 0.493 e. The van der Waals surface area contributed by atoms with Crippen molar-refractivity contribution in [3.63, 3.8) is 0 Å². The van der Waals surface area contributed by atoms with E-state index in [0.717, 1.165) is 11.1 Å². The molecule has 1 atom stereocenters. The summed E-state index contributed by atoms with van der Waals surface area (Å²) in [5.41, 5.74) is 3.00. The summed E-state index contributed by atoms with van der Waals surface area (Å²) in [6, 6.07) is 12.9. The molecule has 0 aliphatic carbocycles. The molecule has 1 aliphatic rings. The number of nitrogens with one attached hydrogen (secondary N) is 3. The molecule has 0 saturated heterocycles. The third-order valence-corrected chi connectivity index (χ3v) is 5.05. The van der Waals surface area contributed by atoms with E-state index in [1.54, 1.807) is 21.3 Å². The second kappa shape index (κ2) is 9.49. The predicted molar refractivity (Wildman–Crippen MR) is 119 cm³/mol. The Morgan fingerprint density at radius 2 is 1.70 bits per heavy atom. The lowest BCUT2D eigenvalue weighted by molar-refractivity contribution is -0.118. The van der Waals surface area contributed by atoms with E-state index in [9.17, 15) is 4.79 Å². The molecule has 3 rings (SSSR count). The minimum Gasteiger partial charge on any atom is -0.493 e. The van der Waals surface area contributed by atoms with E-state index >= 15 is 0 Å². The third kappa shape index (κ3) is 4.49. The van der Waals surface area contributed by atoms with Gasteiger partial charge in [0.05, 0.1) is 32.9 Å². The number of benzene rings is 2. The van der Waals surface area contributed by atoms with Gasteiger partial charge in [-0.15, -0.1) is 0 Å². The smallest absolute Gasteiger partial charge is 0.251 e. The molecule has 0 bridgehead atoms. The molecule has 0 aromatic heterocycles. The fourth-order valence-corrected chi connectivity index (χ4v) is 3.66. The Balaban J connectivity index is 1.96. The number of allylic oxidation sites excluding steroid dienone is 1. The van der Waals surface area contributed by atoms with Crippen LogP contribution >= 0.6 is 12.2 Å². The molecule has 158 valence electrons. The highest BCUT2D eigenvalue weighted by molar-refractivity contribution is 7.80. The molecule has 0 spiro atoms. The lowest BCUT2D eigenvalue weighted by Gasteiger charge is -2.31. The van der Waals surface area contributed by atoms with Gasteiger partial charge in [0.1, 0.15) is 0 Å². The minimum atomic E-state index is -0.483. The van der Waals surface area contributed by atoms with Gasteiger partial charge in [-0.3, -0.25) is 4.79 Å². The first kappa shape index (κ1) is 21.4. The van der Waals surface area contributed by atoms with E-state index in [1.807, 2.05) is 49.4 Å². The standard InChI is InChI=1S/C22H25N3O4S/c1-13-18(21(26)23-12-14-8-6-5-7-9-14)19(25-22(30)24-13)15-10-16(27-2)20(29-4)17(11-15)28-3/h5-11,19H,12H2,1-4H3,(H,23,26)(H2,24,25,30)/t19-/m0/s1. The summed E-state index contributed by atoms with van der Waals surface area (Å²) in [5, 5.41) is 9.64. The number of ether oxygens (including phenoxy) is 3. The van der Waals surface area contributed by atoms with Gasteiger partial charge in [0, 0.05) is 12.2 Å². The molecular formula is C22H25N3O4S. The SMILES string of the molecule is COc1cc([C@@H]2NC(=S)NC(C)=C2C(=O)NCc2ccccc2)cc(OC)c1OC. The predicted octanol–water partition coefficient (Wildman–Crippen LogP) is 2.82. The molecule has 30 heavy (non-hydrogen) atoms. The maximum atomic E-state index is 13.1. The number of methoxy groups -OCH3 is 3.